The van der Waals surface area contributed by atoms with Crippen molar-refractivity contribution in [2.24, 2.45) is 0 Å². The number of fused-ring (bicyclic) bond motifs is 1. The molecule has 0 aliphatic carbocycles. The van der Waals surface area contributed by atoms with Gasteiger partial charge in [0.1, 0.15) is 0 Å². The van der Waals surface area contributed by atoms with E-state index in [1.807, 2.05) is 30.5 Å². The van der Waals surface area contributed by atoms with E-state index < -0.39 is 0 Å². The van der Waals surface area contributed by atoms with Crippen molar-refractivity contribution in [2.45, 2.75) is 0 Å². The van der Waals surface area contributed by atoms with Crippen LogP contribution in [-0.2, 0) is 0 Å². The van der Waals surface area contributed by atoms with Crippen molar-refractivity contribution in [2.75, 3.05) is 5.73 Å². The van der Waals surface area contributed by atoms with Crippen molar-refractivity contribution in [3.8, 4) is 10.7 Å². The van der Waals surface area contributed by atoms with E-state index in [1.165, 1.54) is 0 Å². The van der Waals surface area contributed by atoms with Gasteiger partial charge in [-0.05, 0) is 40.2 Å². The average Bonchev–Trinajstić information content (AvgIpc) is 2.84. The lowest BCUT2D eigenvalue weighted by molar-refractivity contribution is 0.968. The standard InChI is InChI=1S/C10H7BrN4S/c11-8-4-3-7(16-8)9-13-10-6(12)2-1-5-15(10)14-9/h1-5H,12H2. The van der Waals surface area contributed by atoms with Crippen molar-refractivity contribution in [3.05, 3.63) is 34.2 Å². The fourth-order valence-corrected chi connectivity index (χ4v) is 2.78. The lowest BCUT2D eigenvalue weighted by Crippen LogP contribution is -1.92. The van der Waals surface area contributed by atoms with E-state index >= 15 is 0 Å². The van der Waals surface area contributed by atoms with Crippen LogP contribution in [0, 0.1) is 0 Å². The van der Waals surface area contributed by atoms with Crippen LogP contribution in [-0.4, -0.2) is 14.6 Å². The minimum absolute atomic E-state index is 0.636. The molecule has 3 heterocycles. The number of nitrogens with zero attached hydrogens (tertiary/aromatic N) is 3. The smallest absolute Gasteiger partial charge is 0.192 e. The van der Waals surface area contributed by atoms with Crippen molar-refractivity contribution in [3.63, 3.8) is 0 Å². The molecule has 80 valence electrons. The Morgan fingerprint density at radius 2 is 2.19 bits per heavy atom. The molecule has 0 unspecified atom stereocenters. The van der Waals surface area contributed by atoms with Gasteiger partial charge in [0, 0.05) is 6.20 Å². The summed E-state index contributed by atoms with van der Waals surface area (Å²) in [7, 11) is 0. The van der Waals surface area contributed by atoms with E-state index in [-0.39, 0.29) is 0 Å². The quantitative estimate of drug-likeness (QED) is 0.751. The lowest BCUT2D eigenvalue weighted by Gasteiger charge is -1.92. The van der Waals surface area contributed by atoms with Crippen LogP contribution in [0.5, 0.6) is 0 Å². The molecule has 4 nitrogen and oxygen atoms in total. The first-order chi connectivity index (χ1) is 7.74. The number of anilines is 1. The molecular weight excluding hydrogens is 288 g/mol. The highest BCUT2D eigenvalue weighted by molar-refractivity contribution is 9.11. The van der Waals surface area contributed by atoms with Crippen molar-refractivity contribution in [1.82, 2.24) is 14.6 Å². The van der Waals surface area contributed by atoms with Crippen LogP contribution in [0.3, 0.4) is 0 Å². The number of hydrogen-bond acceptors (Lipinski definition) is 4. The summed E-state index contributed by atoms with van der Waals surface area (Å²) >= 11 is 5.02. The summed E-state index contributed by atoms with van der Waals surface area (Å²) in [5.41, 5.74) is 7.16. The van der Waals surface area contributed by atoms with E-state index in [0.29, 0.717) is 17.2 Å². The highest BCUT2D eigenvalue weighted by Crippen LogP contribution is 2.29. The molecule has 2 N–H and O–H groups in total. The number of pyridine rings is 1. The van der Waals surface area contributed by atoms with Crippen LogP contribution in [0.25, 0.3) is 16.3 Å². The first-order valence-electron chi connectivity index (χ1n) is 4.60. The fourth-order valence-electron chi connectivity index (χ4n) is 1.47. The van der Waals surface area contributed by atoms with Crippen LogP contribution in [0.4, 0.5) is 5.69 Å². The molecule has 0 fully saturated rings. The van der Waals surface area contributed by atoms with Crippen LogP contribution in [0.1, 0.15) is 0 Å². The molecule has 0 spiro atoms. The molecule has 0 amide bonds. The van der Waals surface area contributed by atoms with Gasteiger partial charge in [-0.15, -0.1) is 16.4 Å². The molecule has 3 aromatic heterocycles. The Hall–Kier alpha value is -1.40. The lowest BCUT2D eigenvalue weighted by atomic mass is 10.4. The zero-order chi connectivity index (χ0) is 11.1. The number of halogens is 1. The Morgan fingerprint density at radius 3 is 2.88 bits per heavy atom. The van der Waals surface area contributed by atoms with Gasteiger partial charge in [-0.25, -0.2) is 9.50 Å². The monoisotopic (exact) mass is 294 g/mol. The zero-order valence-electron chi connectivity index (χ0n) is 8.09. The van der Waals surface area contributed by atoms with E-state index in [1.54, 1.807) is 15.9 Å². The highest BCUT2D eigenvalue weighted by Gasteiger charge is 2.09. The van der Waals surface area contributed by atoms with E-state index in [2.05, 4.69) is 26.0 Å². The molecule has 0 bridgehead atoms. The molecule has 0 radical (unpaired) electrons. The molecule has 6 heteroatoms. The minimum atomic E-state index is 0.636. The third-order valence-electron chi connectivity index (χ3n) is 2.19. The summed E-state index contributed by atoms with van der Waals surface area (Å²) in [5.74, 6) is 0.702. The van der Waals surface area contributed by atoms with Crippen LogP contribution < -0.4 is 5.73 Å². The predicted molar refractivity (Wildman–Crippen MR) is 68.4 cm³/mol. The molecule has 0 aromatic carbocycles. The Bertz CT molecular complexity index is 658. The number of nitrogen functional groups attached to an aromatic ring is 1. The Morgan fingerprint density at radius 1 is 1.31 bits per heavy atom. The molecule has 0 aliphatic heterocycles. The van der Waals surface area contributed by atoms with Gasteiger partial charge in [0.2, 0.25) is 0 Å². The van der Waals surface area contributed by atoms with E-state index in [0.717, 1.165) is 8.66 Å². The van der Waals surface area contributed by atoms with Crippen molar-refractivity contribution >= 4 is 38.6 Å². The zero-order valence-corrected chi connectivity index (χ0v) is 10.5. The maximum Gasteiger partial charge on any atom is 0.192 e. The molecule has 0 saturated carbocycles. The largest absolute Gasteiger partial charge is 0.396 e. The third kappa shape index (κ3) is 1.50. The van der Waals surface area contributed by atoms with Gasteiger partial charge in [-0.2, -0.15) is 0 Å². The average molecular weight is 295 g/mol. The summed E-state index contributed by atoms with van der Waals surface area (Å²) in [4.78, 5) is 5.44. The van der Waals surface area contributed by atoms with Crippen LogP contribution >= 0.6 is 27.3 Å². The van der Waals surface area contributed by atoms with Crippen LogP contribution in [0.15, 0.2) is 34.2 Å². The van der Waals surface area contributed by atoms with Crippen LogP contribution in [0.2, 0.25) is 0 Å². The van der Waals surface area contributed by atoms with Crippen molar-refractivity contribution in [1.29, 1.82) is 0 Å². The molecule has 3 aromatic rings. The molecule has 0 saturated heterocycles. The number of thiophene rings is 1. The second kappa shape index (κ2) is 3.57. The van der Waals surface area contributed by atoms with E-state index in [9.17, 15) is 0 Å². The predicted octanol–water partition coefficient (Wildman–Crippen LogP) is 2.80. The van der Waals surface area contributed by atoms with E-state index in [4.69, 9.17) is 5.73 Å². The minimum Gasteiger partial charge on any atom is -0.396 e. The van der Waals surface area contributed by atoms with Gasteiger partial charge in [0.25, 0.3) is 0 Å². The Labute approximate surface area is 104 Å². The van der Waals surface area contributed by atoms with Gasteiger partial charge in [0.15, 0.2) is 11.5 Å². The number of hydrogen-bond donors (Lipinski definition) is 1. The second-order valence-corrected chi connectivity index (χ2v) is 5.73. The molecule has 0 aliphatic rings. The molecular formula is C10H7BrN4S. The highest BCUT2D eigenvalue weighted by atomic mass is 79.9. The SMILES string of the molecule is Nc1cccn2nc(-c3ccc(Br)s3)nc12. The first kappa shape index (κ1) is 9.80. The third-order valence-corrected chi connectivity index (χ3v) is 3.81. The first-order valence-corrected chi connectivity index (χ1v) is 6.21. The Kier molecular flexibility index (Phi) is 2.19. The number of aromatic nitrogens is 3. The summed E-state index contributed by atoms with van der Waals surface area (Å²) in [6, 6.07) is 7.64. The normalized spacial score (nSPS) is 11.1. The summed E-state index contributed by atoms with van der Waals surface area (Å²) in [6.07, 6.45) is 1.84. The number of nitrogens with two attached hydrogens (primary N) is 1. The molecule has 16 heavy (non-hydrogen) atoms. The fraction of sp³-hybridized carbons (Fsp3) is 0. The van der Waals surface area contributed by atoms with Gasteiger partial charge in [0.05, 0.1) is 14.4 Å². The van der Waals surface area contributed by atoms with Gasteiger partial charge >= 0.3 is 0 Å². The molecule has 3 rings (SSSR count). The maximum atomic E-state index is 5.82. The molecule has 0 atom stereocenters. The Balaban J connectivity index is 2.22. The maximum absolute atomic E-state index is 5.82. The summed E-state index contributed by atoms with van der Waals surface area (Å²) in [5, 5.41) is 4.37. The van der Waals surface area contributed by atoms with Crippen molar-refractivity contribution < 1.29 is 0 Å². The van der Waals surface area contributed by atoms with Gasteiger partial charge in [-0.1, -0.05) is 0 Å². The summed E-state index contributed by atoms with van der Waals surface area (Å²) < 4.78 is 2.76. The second-order valence-electron chi connectivity index (χ2n) is 3.27. The van der Waals surface area contributed by atoms with Gasteiger partial charge in [-0.3, -0.25) is 0 Å². The summed E-state index contributed by atoms with van der Waals surface area (Å²) in [6.45, 7) is 0. The van der Waals surface area contributed by atoms with Gasteiger partial charge < -0.3 is 5.73 Å². The number of rotatable bonds is 1. The topological polar surface area (TPSA) is 56.2 Å².